The Bertz CT molecular complexity index is 862. The normalized spacial score (nSPS) is 15.0. The smallest absolute Gasteiger partial charge is 0.334 e. The van der Waals surface area contributed by atoms with Gasteiger partial charge in [-0.1, -0.05) is 12.1 Å². The van der Waals surface area contributed by atoms with Gasteiger partial charge in [-0.3, -0.25) is 19.3 Å². The van der Waals surface area contributed by atoms with Crippen LogP contribution in [0, 0.1) is 0 Å². The molecular formula is C17H20N2O7S. The molecule has 146 valence electrons. The van der Waals surface area contributed by atoms with Crippen molar-refractivity contribution in [3.63, 3.8) is 0 Å². The number of rotatable bonds is 9. The molecule has 0 saturated carbocycles. The highest BCUT2D eigenvalue weighted by Crippen LogP contribution is 2.15. The van der Waals surface area contributed by atoms with Crippen LogP contribution in [0.2, 0.25) is 0 Å². The second-order valence-electron chi connectivity index (χ2n) is 5.90. The Hall–Kier alpha value is -2.59. The fourth-order valence-corrected chi connectivity index (χ4v) is 3.11. The lowest BCUT2D eigenvalue weighted by Crippen LogP contribution is -2.37. The molecular weight excluding hydrogens is 376 g/mol. The van der Waals surface area contributed by atoms with E-state index < -0.39 is 40.0 Å². The zero-order valence-electron chi connectivity index (χ0n) is 15.0. The van der Waals surface area contributed by atoms with Crippen molar-refractivity contribution in [2.75, 3.05) is 32.6 Å². The van der Waals surface area contributed by atoms with E-state index >= 15 is 0 Å². The van der Waals surface area contributed by atoms with Crippen LogP contribution in [0.25, 0.3) is 0 Å². The molecule has 1 aliphatic rings. The van der Waals surface area contributed by atoms with Crippen molar-refractivity contribution in [3.8, 4) is 0 Å². The Kier molecular flexibility index (Phi) is 6.45. The Morgan fingerprint density at radius 2 is 1.63 bits per heavy atom. The number of benzene rings is 1. The van der Waals surface area contributed by atoms with Crippen LogP contribution in [0.1, 0.15) is 23.7 Å². The first kappa shape index (κ1) is 20.7. The van der Waals surface area contributed by atoms with Crippen LogP contribution < -0.4 is 0 Å². The van der Waals surface area contributed by atoms with Crippen LogP contribution in [0.5, 0.6) is 0 Å². The van der Waals surface area contributed by atoms with Gasteiger partial charge in [0.15, 0.2) is 15.6 Å². The van der Waals surface area contributed by atoms with Gasteiger partial charge in [0.25, 0.3) is 0 Å². The van der Waals surface area contributed by atoms with Crippen molar-refractivity contribution >= 4 is 33.5 Å². The van der Waals surface area contributed by atoms with E-state index in [1.165, 1.54) is 24.3 Å². The largest absolute Gasteiger partial charge is 0.382 e. The number of ketones is 1. The summed E-state index contributed by atoms with van der Waals surface area (Å²) in [6, 6.07) is 4.28. The highest BCUT2D eigenvalue weighted by Gasteiger charge is 2.44. The third-order valence-electron chi connectivity index (χ3n) is 3.92. The maximum absolute atomic E-state index is 12.3. The highest BCUT2D eigenvalue weighted by atomic mass is 32.2. The first-order chi connectivity index (χ1) is 12.7. The molecule has 27 heavy (non-hydrogen) atoms. The monoisotopic (exact) mass is 396 g/mol. The predicted molar refractivity (Wildman–Crippen MR) is 93.8 cm³/mol. The molecule has 1 saturated heterocycles. The lowest BCUT2D eigenvalue weighted by atomic mass is 10.1. The lowest BCUT2D eigenvalue weighted by molar-refractivity contribution is -0.143. The van der Waals surface area contributed by atoms with Gasteiger partial charge < -0.3 is 4.74 Å². The van der Waals surface area contributed by atoms with Crippen LogP contribution >= 0.6 is 0 Å². The van der Waals surface area contributed by atoms with Gasteiger partial charge >= 0.3 is 17.8 Å². The van der Waals surface area contributed by atoms with Gasteiger partial charge in [0.05, 0.1) is 11.4 Å². The lowest BCUT2D eigenvalue weighted by Gasteiger charge is -2.15. The second-order valence-corrected chi connectivity index (χ2v) is 7.92. The van der Waals surface area contributed by atoms with E-state index in [1.807, 2.05) is 6.92 Å². The molecule has 1 aromatic rings. The molecule has 1 fully saturated rings. The quantitative estimate of drug-likeness (QED) is 0.258. The number of hydrogen-bond donors (Lipinski definition) is 0. The summed E-state index contributed by atoms with van der Waals surface area (Å²) in [6.45, 7) is 2.08. The van der Waals surface area contributed by atoms with Crippen molar-refractivity contribution in [3.05, 3.63) is 29.8 Å². The Morgan fingerprint density at radius 3 is 2.19 bits per heavy atom. The average Bonchev–Trinajstić information content (AvgIpc) is 2.82. The fraction of sp³-hybridized carbons (Fsp3) is 0.412. The molecule has 0 bridgehead atoms. The number of carbonyl (C=O) groups excluding carboxylic acids is 4. The Labute approximate surface area is 156 Å². The summed E-state index contributed by atoms with van der Waals surface area (Å²) in [4.78, 5) is 50.0. The number of amides is 4. The zero-order valence-corrected chi connectivity index (χ0v) is 15.8. The molecule has 1 aromatic carbocycles. The minimum absolute atomic E-state index is 0.0250. The van der Waals surface area contributed by atoms with Crippen molar-refractivity contribution in [2.24, 2.45) is 0 Å². The fourth-order valence-electron chi connectivity index (χ4n) is 2.48. The average molecular weight is 396 g/mol. The number of urea groups is 1. The second kappa shape index (κ2) is 8.40. The standard InChI is InChI=1S/C17H20N2O7S/c1-3-26-10-4-9-18-15(21)16(22)19(17(18)23)11-14(20)12-5-7-13(8-6-12)27(2,24)25/h5-8H,3-4,9-11H2,1-2H3. The van der Waals surface area contributed by atoms with E-state index in [0.717, 1.165) is 11.2 Å². The molecule has 1 aliphatic heterocycles. The SMILES string of the molecule is CCOCCCN1C(=O)C(=O)N(CC(=O)c2ccc(S(C)(=O)=O)cc2)C1=O. The van der Waals surface area contributed by atoms with E-state index in [-0.39, 0.29) is 17.0 Å². The number of hydrogen-bond acceptors (Lipinski definition) is 7. The molecule has 0 aliphatic carbocycles. The van der Waals surface area contributed by atoms with Crippen molar-refractivity contribution in [2.45, 2.75) is 18.2 Å². The summed E-state index contributed by atoms with van der Waals surface area (Å²) in [6.07, 6.45) is 1.42. The molecule has 0 unspecified atom stereocenters. The Balaban J connectivity index is 2.05. The van der Waals surface area contributed by atoms with E-state index in [2.05, 4.69) is 0 Å². The maximum Gasteiger partial charge on any atom is 0.334 e. The van der Waals surface area contributed by atoms with Crippen LogP contribution in [0.15, 0.2) is 29.2 Å². The molecule has 1 heterocycles. The molecule has 10 heteroatoms. The number of sulfone groups is 1. The summed E-state index contributed by atoms with van der Waals surface area (Å²) in [5, 5.41) is 0. The molecule has 9 nitrogen and oxygen atoms in total. The van der Waals surface area contributed by atoms with Crippen LogP contribution in [0.3, 0.4) is 0 Å². The Morgan fingerprint density at radius 1 is 1.04 bits per heavy atom. The van der Waals surface area contributed by atoms with Gasteiger partial charge in [0, 0.05) is 31.6 Å². The summed E-state index contributed by atoms with van der Waals surface area (Å²) in [7, 11) is -3.40. The molecule has 0 spiro atoms. The van der Waals surface area contributed by atoms with E-state index in [0.29, 0.717) is 24.5 Å². The van der Waals surface area contributed by atoms with E-state index in [1.54, 1.807) is 0 Å². The third kappa shape index (κ3) is 4.77. The molecule has 0 N–H and O–H groups in total. The topological polar surface area (TPSA) is 118 Å². The third-order valence-corrected chi connectivity index (χ3v) is 5.04. The van der Waals surface area contributed by atoms with Gasteiger partial charge in [-0.05, 0) is 25.5 Å². The van der Waals surface area contributed by atoms with Gasteiger partial charge in [0.2, 0.25) is 0 Å². The molecule has 0 radical (unpaired) electrons. The van der Waals surface area contributed by atoms with Crippen LogP contribution in [-0.2, 0) is 24.2 Å². The minimum atomic E-state index is -3.40. The number of nitrogens with zero attached hydrogens (tertiary/aromatic N) is 2. The summed E-state index contributed by atoms with van der Waals surface area (Å²) < 4.78 is 28.0. The maximum atomic E-state index is 12.3. The highest BCUT2D eigenvalue weighted by molar-refractivity contribution is 7.90. The zero-order chi connectivity index (χ0) is 20.2. The van der Waals surface area contributed by atoms with Gasteiger partial charge in [-0.15, -0.1) is 0 Å². The number of ether oxygens (including phenoxy) is 1. The number of Topliss-reactive ketones (excluding diaryl/α,β-unsaturated/α-hetero) is 1. The summed E-state index contributed by atoms with van der Waals surface area (Å²) >= 11 is 0. The minimum Gasteiger partial charge on any atom is -0.382 e. The van der Waals surface area contributed by atoms with Gasteiger partial charge in [0.1, 0.15) is 0 Å². The molecule has 2 rings (SSSR count). The van der Waals surface area contributed by atoms with E-state index in [4.69, 9.17) is 4.74 Å². The molecule has 4 amide bonds. The first-order valence-corrected chi connectivity index (χ1v) is 10.1. The van der Waals surface area contributed by atoms with Crippen LogP contribution in [0.4, 0.5) is 4.79 Å². The predicted octanol–water partition coefficient (Wildman–Crippen LogP) is 0.490. The van der Waals surface area contributed by atoms with Crippen LogP contribution in [-0.4, -0.2) is 74.4 Å². The number of imide groups is 2. The summed E-state index contributed by atoms with van der Waals surface area (Å²) in [5.41, 5.74) is 0.130. The van der Waals surface area contributed by atoms with E-state index in [9.17, 15) is 27.6 Å². The van der Waals surface area contributed by atoms with Crippen molar-refractivity contribution in [1.29, 1.82) is 0 Å². The van der Waals surface area contributed by atoms with Crippen molar-refractivity contribution < 1.29 is 32.3 Å². The number of carbonyl (C=O) groups is 4. The summed E-state index contributed by atoms with van der Waals surface area (Å²) in [5.74, 6) is -2.62. The van der Waals surface area contributed by atoms with Gasteiger partial charge in [-0.25, -0.2) is 18.1 Å². The first-order valence-electron chi connectivity index (χ1n) is 8.25. The molecule has 0 atom stereocenters. The van der Waals surface area contributed by atoms with Crippen molar-refractivity contribution in [1.82, 2.24) is 9.80 Å². The van der Waals surface area contributed by atoms with Gasteiger partial charge in [-0.2, -0.15) is 0 Å². The molecule has 0 aromatic heterocycles.